The van der Waals surface area contributed by atoms with E-state index in [9.17, 15) is 4.79 Å². The zero-order valence-electron chi connectivity index (χ0n) is 16.9. The van der Waals surface area contributed by atoms with Crippen LogP contribution in [0.15, 0.2) is 35.1 Å². The van der Waals surface area contributed by atoms with Crippen LogP contribution >= 0.6 is 0 Å². The minimum atomic E-state index is -0.240. The lowest BCUT2D eigenvalue weighted by Gasteiger charge is -2.30. The molecule has 29 heavy (non-hydrogen) atoms. The highest BCUT2D eigenvalue weighted by atomic mass is 16.5. The molecule has 1 fully saturated rings. The molecule has 1 N–H and O–H groups in total. The smallest absolute Gasteiger partial charge is 0.281 e. The summed E-state index contributed by atoms with van der Waals surface area (Å²) in [5, 5.41) is 8.25. The van der Waals surface area contributed by atoms with Crippen LogP contribution in [0.1, 0.15) is 37.6 Å². The summed E-state index contributed by atoms with van der Waals surface area (Å²) in [6.07, 6.45) is 4.34. The molecule has 1 unspecified atom stereocenters. The molecule has 1 aliphatic heterocycles. The molecule has 1 aliphatic rings. The quantitative estimate of drug-likeness (QED) is 0.628. The van der Waals surface area contributed by atoms with Crippen LogP contribution in [0.5, 0.6) is 0 Å². The van der Waals surface area contributed by atoms with Gasteiger partial charge in [-0.05, 0) is 31.5 Å². The Morgan fingerprint density at radius 2 is 1.93 bits per heavy atom. The van der Waals surface area contributed by atoms with Crippen molar-refractivity contribution in [1.29, 1.82) is 0 Å². The van der Waals surface area contributed by atoms with E-state index < -0.39 is 0 Å². The fraction of sp³-hybridized carbons (Fsp3) is 0.524. The van der Waals surface area contributed by atoms with E-state index in [0.29, 0.717) is 31.0 Å². The van der Waals surface area contributed by atoms with E-state index in [4.69, 9.17) is 4.74 Å². The van der Waals surface area contributed by atoms with E-state index in [2.05, 4.69) is 37.3 Å². The number of hydrogen-bond acceptors (Lipinski definition) is 6. The lowest BCUT2D eigenvalue weighted by molar-refractivity contribution is 0.000141. The van der Waals surface area contributed by atoms with Crippen molar-refractivity contribution in [3.8, 4) is 0 Å². The first-order chi connectivity index (χ1) is 14.2. The molecule has 1 aromatic carbocycles. The molecule has 0 amide bonds. The van der Waals surface area contributed by atoms with Gasteiger partial charge in [-0.3, -0.25) is 4.79 Å². The van der Waals surface area contributed by atoms with Crippen molar-refractivity contribution in [2.75, 3.05) is 19.6 Å². The number of nitrogens with zero attached hydrogens (tertiary/aromatic N) is 5. The number of aryl methyl sites for hydroxylation is 1. The van der Waals surface area contributed by atoms with Crippen molar-refractivity contribution in [3.05, 3.63) is 52.1 Å². The van der Waals surface area contributed by atoms with Gasteiger partial charge >= 0.3 is 0 Å². The number of hydrogen-bond donors (Lipinski definition) is 1. The predicted octanol–water partition coefficient (Wildman–Crippen LogP) is 2.15. The largest absolute Gasteiger partial charge is 0.370 e. The summed E-state index contributed by atoms with van der Waals surface area (Å²) >= 11 is 0. The summed E-state index contributed by atoms with van der Waals surface area (Å²) in [6, 6.07) is 10.2. The lowest BCUT2D eigenvalue weighted by atomic mass is 10.1. The predicted molar refractivity (Wildman–Crippen MR) is 111 cm³/mol. The van der Waals surface area contributed by atoms with Gasteiger partial charge in [0.15, 0.2) is 11.2 Å². The summed E-state index contributed by atoms with van der Waals surface area (Å²) in [5.41, 5.74) is 1.71. The van der Waals surface area contributed by atoms with Gasteiger partial charge in [-0.1, -0.05) is 48.9 Å². The summed E-state index contributed by atoms with van der Waals surface area (Å²) < 4.78 is 8.01. The van der Waals surface area contributed by atoms with Gasteiger partial charge in [-0.2, -0.15) is 0 Å². The van der Waals surface area contributed by atoms with Crippen LogP contribution in [-0.4, -0.2) is 55.6 Å². The summed E-state index contributed by atoms with van der Waals surface area (Å²) in [6.45, 7) is 6.04. The van der Waals surface area contributed by atoms with Crippen LogP contribution in [0.2, 0.25) is 0 Å². The first-order valence-corrected chi connectivity index (χ1v) is 10.4. The summed E-state index contributed by atoms with van der Waals surface area (Å²) in [7, 11) is 0. The molecule has 3 heterocycles. The van der Waals surface area contributed by atoms with E-state index in [1.165, 1.54) is 19.3 Å². The Kier molecular flexibility index (Phi) is 6.31. The summed E-state index contributed by atoms with van der Waals surface area (Å²) in [4.78, 5) is 22.0. The first-order valence-electron chi connectivity index (χ1n) is 10.4. The number of nitrogens with one attached hydrogen (secondary N) is 1. The van der Waals surface area contributed by atoms with Gasteiger partial charge in [-0.15, -0.1) is 5.10 Å². The number of aromatic amines is 1. The molecule has 0 spiro atoms. The third-order valence-electron chi connectivity index (χ3n) is 5.37. The molecule has 0 aliphatic carbocycles. The van der Waals surface area contributed by atoms with Crippen molar-refractivity contribution in [2.45, 2.75) is 51.9 Å². The fourth-order valence-electron chi connectivity index (χ4n) is 3.78. The van der Waals surface area contributed by atoms with Crippen LogP contribution < -0.4 is 5.56 Å². The topological polar surface area (TPSA) is 88.9 Å². The van der Waals surface area contributed by atoms with Crippen molar-refractivity contribution in [1.82, 2.24) is 29.9 Å². The third-order valence-corrected chi connectivity index (χ3v) is 5.37. The Balaban J connectivity index is 1.54. The van der Waals surface area contributed by atoms with Crippen molar-refractivity contribution >= 4 is 11.2 Å². The van der Waals surface area contributed by atoms with Crippen LogP contribution in [0, 0.1) is 0 Å². The molecule has 0 saturated carbocycles. The Hall–Kier alpha value is -2.58. The second kappa shape index (κ2) is 9.28. The molecule has 8 heteroatoms. The number of likely N-dealkylation sites (tertiary alicyclic amines) is 1. The Morgan fingerprint density at radius 3 is 2.69 bits per heavy atom. The molecule has 0 radical (unpaired) electrons. The Morgan fingerprint density at radius 1 is 1.14 bits per heavy atom. The number of aromatic nitrogens is 5. The average molecular weight is 396 g/mol. The maximum Gasteiger partial charge on any atom is 0.281 e. The van der Waals surface area contributed by atoms with E-state index in [0.717, 1.165) is 25.2 Å². The van der Waals surface area contributed by atoms with Crippen molar-refractivity contribution < 1.29 is 4.74 Å². The third kappa shape index (κ3) is 4.89. The summed E-state index contributed by atoms with van der Waals surface area (Å²) in [5.74, 6) is 0.642. The molecule has 1 saturated heterocycles. The molecular weight excluding hydrogens is 368 g/mol. The first kappa shape index (κ1) is 19.7. The molecule has 154 valence electrons. The second-order valence-corrected chi connectivity index (χ2v) is 7.59. The molecule has 3 aromatic rings. The fourth-order valence-corrected chi connectivity index (χ4v) is 3.78. The molecule has 8 nitrogen and oxygen atoms in total. The minimum Gasteiger partial charge on any atom is -0.370 e. The maximum atomic E-state index is 12.2. The van der Waals surface area contributed by atoms with Crippen LogP contribution in [0.25, 0.3) is 11.2 Å². The van der Waals surface area contributed by atoms with Gasteiger partial charge < -0.3 is 14.6 Å². The van der Waals surface area contributed by atoms with E-state index in [1.807, 2.05) is 25.1 Å². The number of benzene rings is 1. The normalized spacial score (nSPS) is 16.3. The molecular formula is C21H28N6O2. The van der Waals surface area contributed by atoms with Gasteiger partial charge in [-0.25, -0.2) is 9.67 Å². The standard InChI is InChI=1S/C21H28N6O2/c1-2-18-22-20-19(21(28)23-18)24-25-27(20)14-17(13-26-11-7-4-8-12-26)29-15-16-9-5-3-6-10-16/h3,5-6,9-10,17H,2,4,7-8,11-15H2,1H3,(H,22,23,28). The number of rotatable bonds is 8. The minimum absolute atomic E-state index is 0.0654. The number of fused-ring (bicyclic) bond motifs is 1. The number of piperidine rings is 1. The molecule has 0 bridgehead atoms. The Labute approximate surface area is 169 Å². The van der Waals surface area contributed by atoms with Crippen LogP contribution in [0.3, 0.4) is 0 Å². The Bertz CT molecular complexity index is 978. The van der Waals surface area contributed by atoms with Crippen LogP contribution in [-0.2, 0) is 24.3 Å². The SMILES string of the molecule is CCc1nc2c(nnn2CC(CN2CCCCC2)OCc2ccccc2)c(=O)[nH]1. The zero-order chi connectivity index (χ0) is 20.1. The highest BCUT2D eigenvalue weighted by Crippen LogP contribution is 2.14. The van der Waals surface area contributed by atoms with Gasteiger partial charge in [0.05, 0.1) is 19.3 Å². The van der Waals surface area contributed by atoms with Gasteiger partial charge in [0.2, 0.25) is 0 Å². The van der Waals surface area contributed by atoms with E-state index >= 15 is 0 Å². The maximum absolute atomic E-state index is 12.2. The van der Waals surface area contributed by atoms with Crippen LogP contribution in [0.4, 0.5) is 0 Å². The van der Waals surface area contributed by atoms with E-state index in [-0.39, 0.29) is 17.2 Å². The number of H-pyrrole nitrogens is 1. The van der Waals surface area contributed by atoms with Gasteiger partial charge in [0.25, 0.3) is 5.56 Å². The highest BCUT2D eigenvalue weighted by Gasteiger charge is 2.20. The molecule has 1 atom stereocenters. The average Bonchev–Trinajstić information content (AvgIpc) is 3.16. The van der Waals surface area contributed by atoms with E-state index in [1.54, 1.807) is 4.68 Å². The lowest BCUT2D eigenvalue weighted by Crippen LogP contribution is -2.39. The molecule has 2 aromatic heterocycles. The molecule has 4 rings (SSSR count). The van der Waals surface area contributed by atoms with Gasteiger partial charge in [0.1, 0.15) is 5.82 Å². The van der Waals surface area contributed by atoms with Crippen molar-refractivity contribution in [3.63, 3.8) is 0 Å². The monoisotopic (exact) mass is 396 g/mol. The zero-order valence-corrected chi connectivity index (χ0v) is 16.9. The highest BCUT2D eigenvalue weighted by molar-refractivity contribution is 5.67. The second-order valence-electron chi connectivity index (χ2n) is 7.59. The number of ether oxygens (including phenoxy) is 1. The van der Waals surface area contributed by atoms with Crippen molar-refractivity contribution in [2.24, 2.45) is 0 Å². The van der Waals surface area contributed by atoms with Gasteiger partial charge in [0, 0.05) is 13.0 Å².